The molecule has 96 valence electrons. The fourth-order valence-electron chi connectivity index (χ4n) is 2.86. The van der Waals surface area contributed by atoms with Crippen LogP contribution in [-0.4, -0.2) is 36.6 Å². The van der Waals surface area contributed by atoms with Gasteiger partial charge in [-0.3, -0.25) is 4.90 Å². The maximum Gasteiger partial charge on any atom is 0.0195 e. The lowest BCUT2D eigenvalue weighted by Crippen LogP contribution is -2.45. The normalized spacial score (nSPS) is 19.9. The van der Waals surface area contributed by atoms with Crippen molar-refractivity contribution >= 4 is 0 Å². The van der Waals surface area contributed by atoms with E-state index in [2.05, 4.69) is 37.9 Å². The Morgan fingerprint density at radius 3 is 2.25 bits per heavy atom. The second-order valence-corrected chi connectivity index (χ2v) is 5.67. The molecule has 0 aromatic carbocycles. The predicted molar refractivity (Wildman–Crippen MR) is 71.8 cm³/mol. The van der Waals surface area contributed by atoms with Crippen LogP contribution in [0, 0.1) is 5.92 Å². The first kappa shape index (κ1) is 14.0. The molecule has 0 bridgehead atoms. The monoisotopic (exact) mass is 226 g/mol. The topological polar surface area (TPSA) is 15.3 Å². The summed E-state index contributed by atoms with van der Waals surface area (Å²) >= 11 is 0. The summed E-state index contributed by atoms with van der Waals surface area (Å²) in [5, 5.41) is 3.58. The molecule has 1 aliphatic carbocycles. The van der Waals surface area contributed by atoms with E-state index in [4.69, 9.17) is 0 Å². The Morgan fingerprint density at radius 1 is 1.12 bits per heavy atom. The number of hydrogen-bond donors (Lipinski definition) is 1. The third-order valence-corrected chi connectivity index (χ3v) is 3.72. The molecule has 2 nitrogen and oxygen atoms in total. The minimum Gasteiger partial charge on any atom is -0.315 e. The van der Waals surface area contributed by atoms with Crippen molar-refractivity contribution in [3.05, 3.63) is 0 Å². The van der Waals surface area contributed by atoms with Gasteiger partial charge in [0.1, 0.15) is 0 Å². The first-order valence-electron chi connectivity index (χ1n) is 7.11. The van der Waals surface area contributed by atoms with Crippen LogP contribution in [0.3, 0.4) is 0 Å². The van der Waals surface area contributed by atoms with Crippen LogP contribution in [0.15, 0.2) is 0 Å². The Bertz CT molecular complexity index is 174. The SMILES string of the molecule is CCN(C(C)CNCC(C)C)C1CCCC1. The molecule has 1 fully saturated rings. The first-order valence-corrected chi connectivity index (χ1v) is 7.11. The minimum absolute atomic E-state index is 0.687. The van der Waals surface area contributed by atoms with E-state index in [1.165, 1.54) is 32.2 Å². The van der Waals surface area contributed by atoms with Gasteiger partial charge >= 0.3 is 0 Å². The number of nitrogens with zero attached hydrogens (tertiary/aromatic N) is 1. The van der Waals surface area contributed by atoms with Gasteiger partial charge in [-0.1, -0.05) is 33.6 Å². The van der Waals surface area contributed by atoms with E-state index in [1.807, 2.05) is 0 Å². The highest BCUT2D eigenvalue weighted by Gasteiger charge is 2.24. The van der Waals surface area contributed by atoms with E-state index in [9.17, 15) is 0 Å². The predicted octanol–water partition coefficient (Wildman–Crippen LogP) is 2.89. The summed E-state index contributed by atoms with van der Waals surface area (Å²) in [6.07, 6.45) is 5.71. The highest BCUT2D eigenvalue weighted by atomic mass is 15.2. The lowest BCUT2D eigenvalue weighted by molar-refractivity contribution is 0.150. The number of likely N-dealkylation sites (N-methyl/N-ethyl adjacent to an activating group) is 1. The molecule has 0 radical (unpaired) electrons. The van der Waals surface area contributed by atoms with Crippen molar-refractivity contribution in [1.29, 1.82) is 0 Å². The van der Waals surface area contributed by atoms with E-state index in [1.54, 1.807) is 0 Å². The smallest absolute Gasteiger partial charge is 0.0195 e. The van der Waals surface area contributed by atoms with Crippen LogP contribution in [0.5, 0.6) is 0 Å². The van der Waals surface area contributed by atoms with E-state index in [-0.39, 0.29) is 0 Å². The maximum atomic E-state index is 3.58. The minimum atomic E-state index is 0.687. The average molecular weight is 226 g/mol. The van der Waals surface area contributed by atoms with Gasteiger partial charge < -0.3 is 5.32 Å². The van der Waals surface area contributed by atoms with Gasteiger partial charge in [0.15, 0.2) is 0 Å². The van der Waals surface area contributed by atoms with E-state index in [0.717, 1.165) is 25.0 Å². The molecule has 1 atom stereocenters. The highest BCUT2D eigenvalue weighted by Crippen LogP contribution is 2.24. The molecule has 1 saturated carbocycles. The van der Waals surface area contributed by atoms with Crippen molar-refractivity contribution in [1.82, 2.24) is 10.2 Å². The van der Waals surface area contributed by atoms with Crippen molar-refractivity contribution in [2.24, 2.45) is 5.92 Å². The summed E-state index contributed by atoms with van der Waals surface area (Å²) < 4.78 is 0. The Hall–Kier alpha value is -0.0800. The molecule has 1 unspecified atom stereocenters. The first-order chi connectivity index (χ1) is 7.65. The third-order valence-electron chi connectivity index (χ3n) is 3.72. The quantitative estimate of drug-likeness (QED) is 0.718. The molecule has 0 aliphatic heterocycles. The number of hydrogen-bond acceptors (Lipinski definition) is 2. The molecule has 0 spiro atoms. The van der Waals surface area contributed by atoms with Crippen molar-refractivity contribution in [3.63, 3.8) is 0 Å². The summed E-state index contributed by atoms with van der Waals surface area (Å²) in [5.74, 6) is 0.758. The van der Waals surface area contributed by atoms with Crippen LogP contribution in [0.1, 0.15) is 53.4 Å². The summed E-state index contributed by atoms with van der Waals surface area (Å²) in [4.78, 5) is 2.69. The van der Waals surface area contributed by atoms with Crippen LogP contribution in [-0.2, 0) is 0 Å². The lowest BCUT2D eigenvalue weighted by atomic mass is 10.1. The van der Waals surface area contributed by atoms with Gasteiger partial charge in [0, 0.05) is 18.6 Å². The molecule has 1 rings (SSSR count). The Balaban J connectivity index is 2.28. The summed E-state index contributed by atoms with van der Waals surface area (Å²) in [7, 11) is 0. The van der Waals surface area contributed by atoms with E-state index >= 15 is 0 Å². The van der Waals surface area contributed by atoms with Gasteiger partial charge in [0.25, 0.3) is 0 Å². The van der Waals surface area contributed by atoms with Gasteiger partial charge in [-0.25, -0.2) is 0 Å². The van der Waals surface area contributed by atoms with Crippen molar-refractivity contribution in [2.75, 3.05) is 19.6 Å². The van der Waals surface area contributed by atoms with Crippen molar-refractivity contribution in [3.8, 4) is 0 Å². The zero-order chi connectivity index (χ0) is 12.0. The van der Waals surface area contributed by atoms with Gasteiger partial charge in [-0.05, 0) is 38.8 Å². The zero-order valence-electron chi connectivity index (χ0n) is 11.6. The molecular formula is C14H30N2. The second-order valence-electron chi connectivity index (χ2n) is 5.67. The fraction of sp³-hybridized carbons (Fsp3) is 1.00. The fourth-order valence-corrected chi connectivity index (χ4v) is 2.86. The van der Waals surface area contributed by atoms with Gasteiger partial charge in [-0.2, -0.15) is 0 Å². The molecule has 0 aromatic rings. The number of nitrogens with one attached hydrogen (secondary N) is 1. The van der Waals surface area contributed by atoms with Crippen LogP contribution in [0.2, 0.25) is 0 Å². The van der Waals surface area contributed by atoms with Crippen LogP contribution >= 0.6 is 0 Å². The molecule has 2 heteroatoms. The standard InChI is InChI=1S/C14H30N2/c1-5-16(14-8-6-7-9-14)13(4)11-15-10-12(2)3/h12-15H,5-11H2,1-4H3. The summed E-state index contributed by atoms with van der Waals surface area (Å²) in [6.45, 7) is 12.7. The van der Waals surface area contributed by atoms with Crippen LogP contribution < -0.4 is 5.32 Å². The molecule has 1 aliphatic rings. The number of rotatable bonds is 7. The highest BCUT2D eigenvalue weighted by molar-refractivity contribution is 4.81. The Labute approximate surface area is 102 Å². The van der Waals surface area contributed by atoms with E-state index < -0.39 is 0 Å². The largest absolute Gasteiger partial charge is 0.315 e. The molecule has 0 saturated heterocycles. The average Bonchev–Trinajstić information content (AvgIpc) is 2.71. The maximum absolute atomic E-state index is 3.58. The molecule has 16 heavy (non-hydrogen) atoms. The van der Waals surface area contributed by atoms with Crippen LogP contribution in [0.25, 0.3) is 0 Å². The van der Waals surface area contributed by atoms with Gasteiger partial charge in [0.05, 0.1) is 0 Å². The molecule has 0 heterocycles. The lowest BCUT2D eigenvalue weighted by Gasteiger charge is -2.33. The summed E-state index contributed by atoms with van der Waals surface area (Å²) in [5.41, 5.74) is 0. The second kappa shape index (κ2) is 7.29. The zero-order valence-corrected chi connectivity index (χ0v) is 11.6. The summed E-state index contributed by atoms with van der Waals surface area (Å²) in [6, 6.07) is 1.55. The molecule has 0 aromatic heterocycles. The molecule has 0 amide bonds. The molecular weight excluding hydrogens is 196 g/mol. The van der Waals surface area contributed by atoms with Gasteiger partial charge in [-0.15, -0.1) is 0 Å². The van der Waals surface area contributed by atoms with Crippen LogP contribution in [0.4, 0.5) is 0 Å². The molecule has 1 N–H and O–H groups in total. The van der Waals surface area contributed by atoms with E-state index in [0.29, 0.717) is 6.04 Å². The van der Waals surface area contributed by atoms with Crippen molar-refractivity contribution in [2.45, 2.75) is 65.5 Å². The Kier molecular flexibility index (Phi) is 6.37. The van der Waals surface area contributed by atoms with Crippen molar-refractivity contribution < 1.29 is 0 Å². The van der Waals surface area contributed by atoms with Gasteiger partial charge in [0.2, 0.25) is 0 Å². The third kappa shape index (κ3) is 4.42. The Morgan fingerprint density at radius 2 is 1.75 bits per heavy atom.